The molecule has 0 aromatic heterocycles. The zero-order valence-electron chi connectivity index (χ0n) is 8.49. The molecule has 2 atom stereocenters. The average molecular weight is 202 g/mol. The summed E-state index contributed by atoms with van der Waals surface area (Å²) >= 11 is 0. The summed E-state index contributed by atoms with van der Waals surface area (Å²) in [7, 11) is 0. The monoisotopic (exact) mass is 202 g/mol. The first kappa shape index (κ1) is 11.4. The van der Waals surface area contributed by atoms with Gasteiger partial charge in [0.25, 0.3) is 0 Å². The van der Waals surface area contributed by atoms with Gasteiger partial charge in [0.2, 0.25) is 5.91 Å². The Labute approximate surface area is 83.9 Å². The van der Waals surface area contributed by atoms with E-state index in [1.807, 2.05) is 6.92 Å². The van der Waals surface area contributed by atoms with Crippen molar-refractivity contribution in [2.45, 2.75) is 25.5 Å². The summed E-state index contributed by atoms with van der Waals surface area (Å²) in [6, 6.07) is -0.417. The van der Waals surface area contributed by atoms with Crippen molar-refractivity contribution in [2.75, 3.05) is 26.4 Å². The summed E-state index contributed by atoms with van der Waals surface area (Å²) in [6.45, 7) is 4.14. The van der Waals surface area contributed by atoms with E-state index in [4.69, 9.17) is 15.2 Å². The molecule has 1 unspecified atom stereocenters. The van der Waals surface area contributed by atoms with Crippen molar-refractivity contribution in [2.24, 2.45) is 5.73 Å². The summed E-state index contributed by atoms with van der Waals surface area (Å²) in [5.41, 5.74) is 5.55. The Morgan fingerprint density at radius 2 is 2.43 bits per heavy atom. The van der Waals surface area contributed by atoms with Gasteiger partial charge >= 0.3 is 0 Å². The van der Waals surface area contributed by atoms with Crippen molar-refractivity contribution in [1.82, 2.24) is 5.32 Å². The van der Waals surface area contributed by atoms with Gasteiger partial charge < -0.3 is 20.5 Å². The van der Waals surface area contributed by atoms with Crippen molar-refractivity contribution < 1.29 is 14.3 Å². The van der Waals surface area contributed by atoms with Crippen LogP contribution in [0.1, 0.15) is 13.3 Å². The zero-order chi connectivity index (χ0) is 10.4. The highest BCUT2D eigenvalue weighted by atomic mass is 16.6. The first-order valence-corrected chi connectivity index (χ1v) is 4.96. The Morgan fingerprint density at radius 3 is 3.00 bits per heavy atom. The van der Waals surface area contributed by atoms with Crippen LogP contribution in [0.15, 0.2) is 0 Å². The second kappa shape index (κ2) is 5.95. The van der Waals surface area contributed by atoms with Crippen molar-refractivity contribution in [1.29, 1.82) is 0 Å². The summed E-state index contributed by atoms with van der Waals surface area (Å²) in [4.78, 5) is 11.3. The molecule has 0 radical (unpaired) electrons. The maximum Gasteiger partial charge on any atom is 0.236 e. The van der Waals surface area contributed by atoms with Crippen molar-refractivity contribution in [3.63, 3.8) is 0 Å². The highest BCUT2D eigenvalue weighted by Crippen LogP contribution is 1.99. The van der Waals surface area contributed by atoms with Crippen LogP contribution in [0.25, 0.3) is 0 Å². The Hall–Kier alpha value is -0.650. The van der Waals surface area contributed by atoms with E-state index < -0.39 is 6.04 Å². The van der Waals surface area contributed by atoms with E-state index in [1.54, 1.807) is 0 Å². The molecular weight excluding hydrogens is 184 g/mol. The molecular formula is C9H18N2O3. The number of hydrogen-bond acceptors (Lipinski definition) is 4. The number of amides is 1. The summed E-state index contributed by atoms with van der Waals surface area (Å²) in [6.07, 6.45) is 0.616. The number of carbonyl (C=O) groups excluding carboxylic acids is 1. The van der Waals surface area contributed by atoms with E-state index >= 15 is 0 Å². The topological polar surface area (TPSA) is 73.6 Å². The molecule has 5 heteroatoms. The third-order valence-corrected chi connectivity index (χ3v) is 2.17. The maximum absolute atomic E-state index is 11.3. The average Bonchev–Trinajstić information content (AvgIpc) is 2.26. The van der Waals surface area contributed by atoms with E-state index in [9.17, 15) is 4.79 Å². The predicted octanol–water partition coefficient (Wildman–Crippen LogP) is -0.745. The molecule has 1 rings (SSSR count). The minimum Gasteiger partial charge on any atom is -0.376 e. The number of nitrogens with one attached hydrogen (secondary N) is 1. The molecule has 3 N–H and O–H groups in total. The van der Waals surface area contributed by atoms with Gasteiger partial charge in [0.05, 0.1) is 32.0 Å². The molecule has 0 spiro atoms. The number of hydrogen-bond donors (Lipinski definition) is 2. The van der Waals surface area contributed by atoms with Crippen molar-refractivity contribution in [3.8, 4) is 0 Å². The minimum atomic E-state index is -0.417. The van der Waals surface area contributed by atoms with Crippen LogP contribution in [0, 0.1) is 0 Å². The highest BCUT2D eigenvalue weighted by Gasteiger charge is 2.17. The molecule has 1 fully saturated rings. The number of carbonyl (C=O) groups is 1. The lowest BCUT2D eigenvalue weighted by Crippen LogP contribution is -2.45. The molecule has 1 aliphatic rings. The zero-order valence-corrected chi connectivity index (χ0v) is 8.49. The van der Waals surface area contributed by atoms with Crippen LogP contribution in [0.3, 0.4) is 0 Å². The molecule has 1 saturated heterocycles. The van der Waals surface area contributed by atoms with Crippen LogP contribution in [0.4, 0.5) is 0 Å². The fourth-order valence-electron chi connectivity index (χ4n) is 1.19. The Bertz CT molecular complexity index is 181. The fraction of sp³-hybridized carbons (Fsp3) is 0.889. The van der Waals surface area contributed by atoms with Gasteiger partial charge in [-0.25, -0.2) is 0 Å². The Balaban J connectivity index is 2.15. The number of rotatable bonds is 4. The van der Waals surface area contributed by atoms with Gasteiger partial charge in [-0.3, -0.25) is 4.79 Å². The maximum atomic E-state index is 11.3. The first-order valence-electron chi connectivity index (χ1n) is 4.96. The second-order valence-corrected chi connectivity index (χ2v) is 3.33. The van der Waals surface area contributed by atoms with Gasteiger partial charge in [-0.05, 0) is 6.42 Å². The molecule has 0 bridgehead atoms. The third kappa shape index (κ3) is 3.61. The third-order valence-electron chi connectivity index (χ3n) is 2.17. The minimum absolute atomic E-state index is 0.0308. The van der Waals surface area contributed by atoms with E-state index in [1.165, 1.54) is 0 Å². The molecule has 0 aromatic rings. The van der Waals surface area contributed by atoms with Crippen LogP contribution in [0.5, 0.6) is 0 Å². The number of ether oxygens (including phenoxy) is 2. The summed E-state index contributed by atoms with van der Waals surface area (Å²) < 4.78 is 10.6. The van der Waals surface area contributed by atoms with Crippen LogP contribution in [-0.4, -0.2) is 44.4 Å². The molecule has 0 aliphatic carbocycles. The van der Waals surface area contributed by atoms with E-state index in [0.717, 1.165) is 0 Å². The van der Waals surface area contributed by atoms with Crippen LogP contribution in [-0.2, 0) is 14.3 Å². The van der Waals surface area contributed by atoms with Crippen LogP contribution < -0.4 is 11.1 Å². The van der Waals surface area contributed by atoms with Crippen molar-refractivity contribution >= 4 is 5.91 Å². The van der Waals surface area contributed by atoms with E-state index in [2.05, 4.69) is 5.32 Å². The molecule has 14 heavy (non-hydrogen) atoms. The molecule has 1 amide bonds. The Kier molecular flexibility index (Phi) is 4.86. The quantitative estimate of drug-likeness (QED) is 0.629. The molecule has 82 valence electrons. The second-order valence-electron chi connectivity index (χ2n) is 3.33. The van der Waals surface area contributed by atoms with Crippen LogP contribution >= 0.6 is 0 Å². The fourth-order valence-corrected chi connectivity index (χ4v) is 1.19. The molecule has 5 nitrogen and oxygen atoms in total. The smallest absolute Gasteiger partial charge is 0.236 e. The summed E-state index contributed by atoms with van der Waals surface area (Å²) in [5.74, 6) is -0.123. The van der Waals surface area contributed by atoms with Gasteiger partial charge in [-0.2, -0.15) is 0 Å². The van der Waals surface area contributed by atoms with Gasteiger partial charge in [0.15, 0.2) is 0 Å². The molecule has 0 saturated carbocycles. The Morgan fingerprint density at radius 1 is 1.64 bits per heavy atom. The largest absolute Gasteiger partial charge is 0.376 e. The van der Waals surface area contributed by atoms with Crippen molar-refractivity contribution in [3.05, 3.63) is 0 Å². The lowest BCUT2D eigenvalue weighted by atomic mass is 10.2. The SMILES string of the molecule is CC[C@@H](N)C(=O)NCC1COCCO1. The molecule has 0 aromatic carbocycles. The standard InChI is InChI=1S/C9H18N2O3/c1-2-8(10)9(12)11-5-7-6-13-3-4-14-7/h7-8H,2-6,10H2,1H3,(H,11,12)/t7?,8-/m1/s1. The van der Waals surface area contributed by atoms with Gasteiger partial charge in [-0.1, -0.05) is 6.92 Å². The first-order chi connectivity index (χ1) is 6.74. The lowest BCUT2D eigenvalue weighted by molar-refractivity contribution is -0.125. The van der Waals surface area contributed by atoms with Crippen LogP contribution in [0.2, 0.25) is 0 Å². The predicted molar refractivity (Wildman–Crippen MR) is 51.8 cm³/mol. The van der Waals surface area contributed by atoms with Gasteiger partial charge in [0.1, 0.15) is 0 Å². The highest BCUT2D eigenvalue weighted by molar-refractivity contribution is 5.81. The van der Waals surface area contributed by atoms with E-state index in [-0.39, 0.29) is 12.0 Å². The normalized spacial score (nSPS) is 24.3. The lowest BCUT2D eigenvalue weighted by Gasteiger charge is -2.23. The molecule has 1 aliphatic heterocycles. The molecule has 1 heterocycles. The van der Waals surface area contributed by atoms with E-state index in [0.29, 0.717) is 32.8 Å². The number of nitrogens with two attached hydrogens (primary N) is 1. The van der Waals surface area contributed by atoms with Gasteiger partial charge in [-0.15, -0.1) is 0 Å². The summed E-state index contributed by atoms with van der Waals surface area (Å²) in [5, 5.41) is 2.73. The van der Waals surface area contributed by atoms with Gasteiger partial charge in [0, 0.05) is 6.54 Å².